The van der Waals surface area contributed by atoms with Crippen molar-refractivity contribution in [3.63, 3.8) is 0 Å². The molecule has 0 radical (unpaired) electrons. The Kier molecular flexibility index (Phi) is 6.72. The Morgan fingerprint density at radius 2 is 1.76 bits per heavy atom. The predicted octanol–water partition coefficient (Wildman–Crippen LogP) is 5.46. The maximum absolute atomic E-state index is 14.5. The third-order valence-electron chi connectivity index (χ3n) is 4.79. The summed E-state index contributed by atoms with van der Waals surface area (Å²) in [6.45, 7) is 6.48. The van der Waals surface area contributed by atoms with Crippen molar-refractivity contribution in [3.05, 3.63) is 46.6 Å². The van der Waals surface area contributed by atoms with E-state index >= 15 is 0 Å². The number of hydrogen-bond acceptors (Lipinski definition) is 4. The van der Waals surface area contributed by atoms with Gasteiger partial charge in [-0.3, -0.25) is 4.79 Å². The number of unbranched alkanes of at least 4 members (excludes halogenated alkanes) is 1. The number of esters is 1. The Balaban J connectivity index is 2.55. The summed E-state index contributed by atoms with van der Waals surface area (Å²) in [6.07, 6.45) is -3.59. The molecule has 0 aromatic heterocycles. The minimum Gasteiger partial charge on any atom is -0.458 e. The Morgan fingerprint density at radius 1 is 1.17 bits per heavy atom. The van der Waals surface area contributed by atoms with Crippen LogP contribution in [0.3, 0.4) is 0 Å². The minimum absolute atomic E-state index is 0.0670. The fourth-order valence-electron chi connectivity index (χ4n) is 3.44. The van der Waals surface area contributed by atoms with Crippen molar-refractivity contribution >= 4 is 23.4 Å². The van der Waals surface area contributed by atoms with Crippen LogP contribution in [-0.2, 0) is 9.53 Å². The van der Waals surface area contributed by atoms with E-state index in [1.54, 1.807) is 27.7 Å². The van der Waals surface area contributed by atoms with Crippen molar-refractivity contribution in [2.75, 3.05) is 0 Å². The van der Waals surface area contributed by atoms with E-state index < -0.39 is 47.0 Å². The van der Waals surface area contributed by atoms with E-state index in [0.29, 0.717) is 11.4 Å². The lowest BCUT2D eigenvalue weighted by Crippen LogP contribution is -2.56. The third-order valence-corrected chi connectivity index (χ3v) is 5.04. The molecule has 0 saturated carbocycles. The third kappa shape index (κ3) is 4.77. The van der Waals surface area contributed by atoms with Gasteiger partial charge >= 0.3 is 12.1 Å². The molecule has 1 aromatic rings. The number of nitrogens with one attached hydrogen (secondary N) is 1. The summed E-state index contributed by atoms with van der Waals surface area (Å²) in [5, 5.41) is 2.85. The van der Waals surface area contributed by atoms with Gasteiger partial charge in [0.1, 0.15) is 17.1 Å². The van der Waals surface area contributed by atoms with Crippen LogP contribution in [0.5, 0.6) is 0 Å². The van der Waals surface area contributed by atoms with E-state index in [0.717, 1.165) is 6.20 Å². The predicted molar refractivity (Wildman–Crippen MR) is 105 cm³/mol. The van der Waals surface area contributed by atoms with Crippen LogP contribution in [0.1, 0.15) is 57.3 Å². The summed E-state index contributed by atoms with van der Waals surface area (Å²) in [6, 6.07) is 3.87. The molecule has 1 aliphatic heterocycles. The average molecular weight is 432 g/mol. The van der Waals surface area contributed by atoms with Crippen LogP contribution in [0.4, 0.5) is 13.2 Å². The fourth-order valence-corrected chi connectivity index (χ4v) is 3.57. The molecule has 1 aromatic carbocycles. The highest BCUT2D eigenvalue weighted by atomic mass is 35.5. The first-order valence-corrected chi connectivity index (χ1v) is 9.78. The molecule has 29 heavy (non-hydrogen) atoms. The zero-order valence-corrected chi connectivity index (χ0v) is 17.6. The molecule has 0 aliphatic carbocycles. The number of carbonyl (C=O) groups excluding carboxylic acids is 2. The largest absolute Gasteiger partial charge is 0.458 e. The summed E-state index contributed by atoms with van der Waals surface area (Å²) in [5.41, 5.74) is -4.07. The second-order valence-electron chi connectivity index (χ2n) is 8.10. The van der Waals surface area contributed by atoms with E-state index in [1.807, 2.05) is 0 Å². The number of ketones is 1. The molecule has 0 saturated heterocycles. The van der Waals surface area contributed by atoms with Gasteiger partial charge in [0.25, 0.3) is 0 Å². The van der Waals surface area contributed by atoms with Crippen LogP contribution in [0.15, 0.2) is 36.0 Å². The number of alkyl halides is 3. The van der Waals surface area contributed by atoms with Gasteiger partial charge in [-0.1, -0.05) is 31.4 Å². The Hall–Kier alpha value is -2.02. The molecule has 2 rings (SSSR count). The highest BCUT2D eigenvalue weighted by Gasteiger charge is 2.67. The van der Waals surface area contributed by atoms with Gasteiger partial charge in [0.05, 0.1) is 0 Å². The van der Waals surface area contributed by atoms with Crippen LogP contribution >= 0.6 is 11.6 Å². The van der Waals surface area contributed by atoms with Gasteiger partial charge < -0.3 is 10.1 Å². The van der Waals surface area contributed by atoms with Crippen LogP contribution in [0.25, 0.3) is 0 Å². The molecule has 0 amide bonds. The van der Waals surface area contributed by atoms with E-state index in [9.17, 15) is 22.8 Å². The topological polar surface area (TPSA) is 55.4 Å². The lowest BCUT2D eigenvalue weighted by molar-refractivity contribution is -0.223. The summed E-state index contributed by atoms with van der Waals surface area (Å²) in [5.74, 6) is -1.84. The SMILES string of the molecule is CCCC[C@]1(C(F)(F)F)C(C(=O)c2ccc(Cl)cc2)=CN[C@@H]1C(=O)OC(C)(C)C. The van der Waals surface area contributed by atoms with Crippen LogP contribution in [-0.4, -0.2) is 29.6 Å². The van der Waals surface area contributed by atoms with Gasteiger partial charge in [-0.05, 0) is 51.5 Å². The summed E-state index contributed by atoms with van der Waals surface area (Å²) >= 11 is 5.82. The smallest absolute Gasteiger partial charge is 0.401 e. The highest BCUT2D eigenvalue weighted by molar-refractivity contribution is 6.30. The zero-order valence-electron chi connectivity index (χ0n) is 16.8. The number of hydrogen-bond donors (Lipinski definition) is 1. The van der Waals surface area contributed by atoms with Crippen LogP contribution in [0.2, 0.25) is 5.02 Å². The van der Waals surface area contributed by atoms with Gasteiger partial charge in [0, 0.05) is 22.4 Å². The molecule has 4 nitrogen and oxygen atoms in total. The standard InChI is InChI=1S/C21H25ClF3NO3/c1-5-6-11-20(21(23,24)25)15(16(27)13-7-9-14(22)10-8-13)12-26-17(20)18(28)29-19(2,3)4/h7-10,12,17,26H,5-6,11H2,1-4H3/t17-,20+/m1/s1. The minimum atomic E-state index is -4.85. The fraction of sp³-hybridized carbons (Fsp3) is 0.524. The molecule has 1 N–H and O–H groups in total. The van der Waals surface area contributed by atoms with E-state index in [-0.39, 0.29) is 12.0 Å². The van der Waals surface area contributed by atoms with Crippen LogP contribution < -0.4 is 5.32 Å². The quantitative estimate of drug-likeness (QED) is 0.480. The van der Waals surface area contributed by atoms with Gasteiger partial charge in [-0.2, -0.15) is 13.2 Å². The first-order chi connectivity index (χ1) is 13.3. The number of carbonyl (C=O) groups is 2. The molecule has 0 fully saturated rings. The van der Waals surface area contributed by atoms with Gasteiger partial charge in [-0.25, -0.2) is 4.79 Å². The van der Waals surface area contributed by atoms with Crippen molar-refractivity contribution in [1.82, 2.24) is 5.32 Å². The Bertz CT molecular complexity index is 797. The first-order valence-electron chi connectivity index (χ1n) is 9.40. The molecule has 0 unspecified atom stereocenters. The van der Waals surface area contributed by atoms with Gasteiger partial charge in [-0.15, -0.1) is 0 Å². The second kappa shape index (κ2) is 8.38. The van der Waals surface area contributed by atoms with Crippen molar-refractivity contribution in [2.45, 2.75) is 64.8 Å². The van der Waals surface area contributed by atoms with E-state index in [4.69, 9.17) is 16.3 Å². The van der Waals surface area contributed by atoms with Gasteiger partial charge in [0.15, 0.2) is 5.78 Å². The lowest BCUT2D eigenvalue weighted by Gasteiger charge is -2.38. The number of Topliss-reactive ketones (excluding diaryl/α,β-unsaturated/α-hetero) is 1. The van der Waals surface area contributed by atoms with E-state index in [2.05, 4.69) is 5.32 Å². The molecule has 2 atom stereocenters. The molecular formula is C21H25ClF3NO3. The highest BCUT2D eigenvalue weighted by Crippen LogP contribution is 2.54. The monoisotopic (exact) mass is 431 g/mol. The second-order valence-corrected chi connectivity index (χ2v) is 8.54. The number of halogens is 4. The molecule has 1 aliphatic rings. The van der Waals surface area contributed by atoms with Crippen molar-refractivity contribution < 1.29 is 27.5 Å². The lowest BCUT2D eigenvalue weighted by atomic mass is 9.69. The maximum Gasteiger partial charge on any atom is 0.401 e. The van der Waals surface area contributed by atoms with E-state index in [1.165, 1.54) is 24.3 Å². The number of benzene rings is 1. The van der Waals surface area contributed by atoms with Crippen molar-refractivity contribution in [2.24, 2.45) is 5.41 Å². The van der Waals surface area contributed by atoms with Crippen LogP contribution in [0, 0.1) is 5.41 Å². The number of ether oxygens (including phenoxy) is 1. The first kappa shape index (κ1) is 23.3. The molecular weight excluding hydrogens is 407 g/mol. The molecule has 8 heteroatoms. The summed E-state index contributed by atoms with van der Waals surface area (Å²) in [7, 11) is 0. The summed E-state index contributed by atoms with van der Waals surface area (Å²) in [4.78, 5) is 25.7. The molecule has 1 heterocycles. The molecule has 160 valence electrons. The van der Waals surface area contributed by atoms with Gasteiger partial charge in [0.2, 0.25) is 0 Å². The summed E-state index contributed by atoms with van der Waals surface area (Å²) < 4.78 is 48.8. The molecule has 0 spiro atoms. The maximum atomic E-state index is 14.5. The molecule has 0 bridgehead atoms. The van der Waals surface area contributed by atoms with Crippen molar-refractivity contribution in [1.29, 1.82) is 0 Å². The van der Waals surface area contributed by atoms with Crippen molar-refractivity contribution in [3.8, 4) is 0 Å². The normalized spacial score (nSPS) is 22.1. The zero-order chi connectivity index (χ0) is 22.0. The average Bonchev–Trinajstić information content (AvgIpc) is 2.99. The number of rotatable bonds is 6. The Labute approximate surface area is 173 Å². The Morgan fingerprint density at radius 3 is 2.24 bits per heavy atom.